The molecule has 0 aliphatic carbocycles. The molecule has 4 rings (SSSR count). The summed E-state index contributed by atoms with van der Waals surface area (Å²) in [5.74, 6) is -2.55. The van der Waals surface area contributed by atoms with Crippen LogP contribution in [0, 0.1) is 0 Å². The maximum absolute atomic E-state index is 12.6. The molecule has 1 N–H and O–H groups in total. The Labute approximate surface area is 183 Å². The number of carbonyl (C=O) groups is 4. The topological polar surface area (TPSA) is 137 Å². The van der Waals surface area contributed by atoms with Crippen LogP contribution in [0.25, 0.3) is 0 Å². The van der Waals surface area contributed by atoms with Gasteiger partial charge in [-0.2, -0.15) is 4.31 Å². The predicted molar refractivity (Wildman–Crippen MR) is 109 cm³/mol. The molecule has 2 aliphatic rings. The van der Waals surface area contributed by atoms with Crippen molar-refractivity contribution in [2.75, 3.05) is 25.0 Å². The van der Waals surface area contributed by atoms with Crippen molar-refractivity contribution in [3.63, 3.8) is 0 Å². The number of sulfonamides is 1. The molecular formula is C20H20N4O7S. The van der Waals surface area contributed by atoms with Gasteiger partial charge in [0.1, 0.15) is 12.3 Å². The first kappa shape index (κ1) is 21.7. The highest BCUT2D eigenvalue weighted by Crippen LogP contribution is 2.22. The SMILES string of the molecule is O=C(CN1C(=O)C(=O)N(Cc2ccco2)C1=O)Nc1ccc(S(=O)(=O)N2CCCC2)cc1. The van der Waals surface area contributed by atoms with Crippen molar-refractivity contribution in [1.29, 1.82) is 0 Å². The van der Waals surface area contributed by atoms with Gasteiger partial charge in [0.05, 0.1) is 17.7 Å². The number of benzene rings is 1. The van der Waals surface area contributed by atoms with Gasteiger partial charge in [-0.25, -0.2) is 23.0 Å². The minimum Gasteiger partial charge on any atom is -0.467 e. The van der Waals surface area contributed by atoms with Crippen LogP contribution in [-0.2, 0) is 31.0 Å². The molecule has 0 saturated carbocycles. The normalized spacial score (nSPS) is 17.4. The Morgan fingerprint density at radius 2 is 1.62 bits per heavy atom. The number of nitrogens with zero attached hydrogens (tertiary/aromatic N) is 3. The number of imide groups is 2. The second kappa shape index (κ2) is 8.55. The van der Waals surface area contributed by atoms with Crippen molar-refractivity contribution < 1.29 is 32.0 Å². The van der Waals surface area contributed by atoms with E-state index in [9.17, 15) is 27.6 Å². The zero-order valence-electron chi connectivity index (χ0n) is 16.9. The Kier molecular flexibility index (Phi) is 5.80. The molecule has 2 saturated heterocycles. The highest BCUT2D eigenvalue weighted by atomic mass is 32.2. The molecule has 1 aromatic heterocycles. The number of urea groups is 1. The van der Waals surface area contributed by atoms with Crippen LogP contribution in [0.3, 0.4) is 0 Å². The largest absolute Gasteiger partial charge is 0.467 e. The van der Waals surface area contributed by atoms with E-state index < -0.39 is 40.3 Å². The first-order valence-corrected chi connectivity index (χ1v) is 11.3. The molecule has 1 aromatic carbocycles. The Morgan fingerprint density at radius 3 is 2.25 bits per heavy atom. The lowest BCUT2D eigenvalue weighted by molar-refractivity contribution is -0.144. The minimum absolute atomic E-state index is 0.112. The van der Waals surface area contributed by atoms with Gasteiger partial charge in [-0.05, 0) is 49.2 Å². The molecule has 0 spiro atoms. The van der Waals surface area contributed by atoms with Gasteiger partial charge >= 0.3 is 17.8 Å². The maximum Gasteiger partial charge on any atom is 0.335 e. The average Bonchev–Trinajstić information content (AvgIpc) is 3.52. The lowest BCUT2D eigenvalue weighted by Crippen LogP contribution is -2.38. The molecular weight excluding hydrogens is 440 g/mol. The van der Waals surface area contributed by atoms with E-state index in [-0.39, 0.29) is 17.1 Å². The summed E-state index contributed by atoms with van der Waals surface area (Å²) in [6, 6.07) is 7.81. The second-order valence-electron chi connectivity index (χ2n) is 7.33. The molecule has 32 heavy (non-hydrogen) atoms. The summed E-state index contributed by atoms with van der Waals surface area (Å²) in [5, 5.41) is 2.49. The van der Waals surface area contributed by atoms with E-state index in [1.165, 1.54) is 34.8 Å². The van der Waals surface area contributed by atoms with Crippen molar-refractivity contribution >= 4 is 39.5 Å². The second-order valence-corrected chi connectivity index (χ2v) is 9.27. The monoisotopic (exact) mass is 460 g/mol. The Bertz CT molecular complexity index is 1150. The van der Waals surface area contributed by atoms with E-state index >= 15 is 0 Å². The molecule has 2 aliphatic heterocycles. The summed E-state index contributed by atoms with van der Waals surface area (Å²) in [5.41, 5.74) is 0.285. The highest BCUT2D eigenvalue weighted by Gasteiger charge is 2.45. The lowest BCUT2D eigenvalue weighted by Gasteiger charge is -2.16. The third-order valence-corrected chi connectivity index (χ3v) is 7.08. The van der Waals surface area contributed by atoms with Crippen molar-refractivity contribution in [3.05, 3.63) is 48.4 Å². The molecule has 0 radical (unpaired) electrons. The summed E-state index contributed by atoms with van der Waals surface area (Å²) in [6.45, 7) is 0.0795. The Hall–Kier alpha value is -3.51. The number of amides is 5. The van der Waals surface area contributed by atoms with E-state index in [1.54, 1.807) is 12.1 Å². The van der Waals surface area contributed by atoms with E-state index in [4.69, 9.17) is 4.42 Å². The predicted octanol–water partition coefficient (Wildman–Crippen LogP) is 0.994. The number of carbonyl (C=O) groups excluding carboxylic acids is 4. The van der Waals surface area contributed by atoms with Crippen LogP contribution in [0.5, 0.6) is 0 Å². The van der Waals surface area contributed by atoms with Crippen molar-refractivity contribution in [2.45, 2.75) is 24.3 Å². The number of hydrogen-bond donors (Lipinski definition) is 1. The van der Waals surface area contributed by atoms with Crippen molar-refractivity contribution in [1.82, 2.24) is 14.1 Å². The highest BCUT2D eigenvalue weighted by molar-refractivity contribution is 7.89. The first-order chi connectivity index (χ1) is 15.3. The van der Waals surface area contributed by atoms with Gasteiger partial charge in [0.25, 0.3) is 0 Å². The number of nitrogens with one attached hydrogen (secondary N) is 1. The molecule has 12 heteroatoms. The molecule has 3 heterocycles. The summed E-state index contributed by atoms with van der Waals surface area (Å²) >= 11 is 0. The van der Waals surface area contributed by atoms with E-state index in [2.05, 4.69) is 5.32 Å². The smallest absolute Gasteiger partial charge is 0.335 e. The van der Waals surface area contributed by atoms with Gasteiger partial charge in [0.2, 0.25) is 15.9 Å². The quantitative estimate of drug-likeness (QED) is 0.480. The van der Waals surface area contributed by atoms with Gasteiger partial charge in [-0.3, -0.25) is 14.4 Å². The van der Waals surface area contributed by atoms with E-state index in [1.807, 2.05) is 0 Å². The van der Waals surface area contributed by atoms with Crippen LogP contribution in [0.4, 0.5) is 10.5 Å². The molecule has 0 atom stereocenters. The zero-order chi connectivity index (χ0) is 22.9. The number of furan rings is 1. The van der Waals surface area contributed by atoms with Crippen LogP contribution < -0.4 is 5.32 Å². The van der Waals surface area contributed by atoms with Gasteiger partial charge in [0, 0.05) is 18.8 Å². The van der Waals surface area contributed by atoms with Crippen LogP contribution in [0.15, 0.2) is 52.0 Å². The first-order valence-electron chi connectivity index (χ1n) is 9.87. The van der Waals surface area contributed by atoms with Gasteiger partial charge < -0.3 is 9.73 Å². The van der Waals surface area contributed by atoms with Crippen LogP contribution >= 0.6 is 0 Å². The van der Waals surface area contributed by atoms with Crippen LogP contribution in [-0.4, -0.2) is 65.9 Å². The molecule has 5 amide bonds. The third-order valence-electron chi connectivity index (χ3n) is 5.17. The number of rotatable bonds is 7. The van der Waals surface area contributed by atoms with Crippen LogP contribution in [0.1, 0.15) is 18.6 Å². The van der Waals surface area contributed by atoms with Gasteiger partial charge in [-0.1, -0.05) is 0 Å². The summed E-state index contributed by atoms with van der Waals surface area (Å²) in [6.07, 6.45) is 3.01. The number of hydrogen-bond acceptors (Lipinski definition) is 7. The average molecular weight is 460 g/mol. The fraction of sp³-hybridized carbons (Fsp3) is 0.300. The molecule has 2 fully saturated rings. The van der Waals surface area contributed by atoms with E-state index in [0.29, 0.717) is 28.6 Å². The standard InChI is InChI=1S/C20H20N4O7S/c25-17(13-24-19(27)18(26)23(20(24)28)12-15-4-3-11-31-15)21-14-5-7-16(8-6-14)32(29,30)22-9-1-2-10-22/h3-8,11H,1-2,9-10,12-13H2,(H,21,25). The Morgan fingerprint density at radius 1 is 0.969 bits per heavy atom. The summed E-state index contributed by atoms with van der Waals surface area (Å²) in [7, 11) is -3.58. The minimum atomic E-state index is -3.58. The van der Waals surface area contributed by atoms with Crippen LogP contribution in [0.2, 0.25) is 0 Å². The molecule has 168 valence electrons. The van der Waals surface area contributed by atoms with Gasteiger partial charge in [-0.15, -0.1) is 0 Å². The zero-order valence-corrected chi connectivity index (χ0v) is 17.7. The Balaban J connectivity index is 1.38. The summed E-state index contributed by atoms with van der Waals surface area (Å²) < 4.78 is 31.6. The third kappa shape index (κ3) is 4.14. The van der Waals surface area contributed by atoms with Crippen molar-refractivity contribution in [3.8, 4) is 0 Å². The molecule has 0 bridgehead atoms. The fourth-order valence-electron chi connectivity index (χ4n) is 3.52. The van der Waals surface area contributed by atoms with Crippen molar-refractivity contribution in [2.24, 2.45) is 0 Å². The number of anilines is 1. The summed E-state index contributed by atoms with van der Waals surface area (Å²) in [4.78, 5) is 50.4. The molecule has 2 aromatic rings. The lowest BCUT2D eigenvalue weighted by atomic mass is 10.3. The van der Waals surface area contributed by atoms with E-state index in [0.717, 1.165) is 12.8 Å². The fourth-order valence-corrected chi connectivity index (χ4v) is 5.04. The molecule has 11 nitrogen and oxygen atoms in total. The van der Waals surface area contributed by atoms with Gasteiger partial charge in [0.15, 0.2) is 0 Å². The molecule has 0 unspecified atom stereocenters. The maximum atomic E-state index is 12.6.